The molecule has 1 heterocycles. The first-order valence-electron chi connectivity index (χ1n) is 7.37. The molecule has 0 saturated carbocycles. The first-order chi connectivity index (χ1) is 11.2. The standard InChI is InChI=1S/C16H16N4O2S/c21-20(22)14-8-4-7-13(9-14)15-11-23-16(18-15)19-17-10-12-5-2-1-3-6-12/h1-2,4,7-12H,3,5-6H2,(H,18,19)/b17-10+. The van der Waals surface area contributed by atoms with Crippen LogP contribution in [0.2, 0.25) is 0 Å². The van der Waals surface area contributed by atoms with E-state index < -0.39 is 4.92 Å². The maximum atomic E-state index is 10.8. The molecule has 118 valence electrons. The number of hydrogen-bond acceptors (Lipinski definition) is 6. The van der Waals surface area contributed by atoms with Gasteiger partial charge in [0.25, 0.3) is 5.69 Å². The second-order valence-electron chi connectivity index (χ2n) is 5.28. The van der Waals surface area contributed by atoms with Crippen LogP contribution in [0.15, 0.2) is 46.9 Å². The zero-order chi connectivity index (χ0) is 16.1. The summed E-state index contributed by atoms with van der Waals surface area (Å²) in [4.78, 5) is 14.8. The summed E-state index contributed by atoms with van der Waals surface area (Å²) in [5, 5.41) is 17.6. The van der Waals surface area contributed by atoms with E-state index in [9.17, 15) is 10.1 Å². The number of hydrogen-bond donors (Lipinski definition) is 1. The van der Waals surface area contributed by atoms with Gasteiger partial charge >= 0.3 is 0 Å². The third-order valence-electron chi connectivity index (χ3n) is 3.61. The Morgan fingerprint density at radius 3 is 3.13 bits per heavy atom. The van der Waals surface area contributed by atoms with Gasteiger partial charge in [0, 0.05) is 29.3 Å². The summed E-state index contributed by atoms with van der Waals surface area (Å²) in [5.41, 5.74) is 4.43. The van der Waals surface area contributed by atoms with Crippen molar-refractivity contribution in [3.63, 3.8) is 0 Å². The Morgan fingerprint density at radius 1 is 1.43 bits per heavy atom. The summed E-state index contributed by atoms with van der Waals surface area (Å²) in [5.74, 6) is 0.476. The summed E-state index contributed by atoms with van der Waals surface area (Å²) in [7, 11) is 0. The lowest BCUT2D eigenvalue weighted by atomic mass is 9.96. The Kier molecular flexibility index (Phi) is 4.77. The number of nitrogens with one attached hydrogen (secondary N) is 1. The average molecular weight is 328 g/mol. The first kappa shape index (κ1) is 15.4. The number of thiazole rings is 1. The minimum atomic E-state index is -0.405. The van der Waals surface area contributed by atoms with Crippen molar-refractivity contribution in [1.29, 1.82) is 0 Å². The van der Waals surface area contributed by atoms with E-state index in [1.807, 2.05) is 17.7 Å². The number of nitro benzene ring substituents is 1. The largest absolute Gasteiger partial charge is 0.270 e. The summed E-state index contributed by atoms with van der Waals surface area (Å²) < 4.78 is 0. The van der Waals surface area contributed by atoms with Crippen LogP contribution in [0, 0.1) is 16.0 Å². The van der Waals surface area contributed by atoms with Crippen molar-refractivity contribution in [2.24, 2.45) is 11.0 Å². The first-order valence-corrected chi connectivity index (χ1v) is 8.25. The fraction of sp³-hybridized carbons (Fsp3) is 0.250. The molecule has 1 atom stereocenters. The Morgan fingerprint density at radius 2 is 2.35 bits per heavy atom. The van der Waals surface area contributed by atoms with Crippen molar-refractivity contribution in [2.45, 2.75) is 19.3 Å². The zero-order valence-electron chi connectivity index (χ0n) is 12.4. The highest BCUT2D eigenvalue weighted by molar-refractivity contribution is 7.14. The molecule has 1 N–H and O–H groups in total. The summed E-state index contributed by atoms with van der Waals surface area (Å²) >= 11 is 1.43. The maximum Gasteiger partial charge on any atom is 0.270 e. The third kappa shape index (κ3) is 4.01. The Hall–Kier alpha value is -2.54. The Balaban J connectivity index is 1.66. The van der Waals surface area contributed by atoms with E-state index in [1.165, 1.54) is 23.5 Å². The lowest BCUT2D eigenvalue weighted by Crippen LogP contribution is -2.04. The fourth-order valence-electron chi connectivity index (χ4n) is 2.39. The van der Waals surface area contributed by atoms with E-state index in [0.717, 1.165) is 24.8 Å². The van der Waals surface area contributed by atoms with Gasteiger partial charge in [0.2, 0.25) is 5.13 Å². The molecule has 1 aromatic heterocycles. The topological polar surface area (TPSA) is 80.4 Å². The van der Waals surface area contributed by atoms with Crippen LogP contribution >= 0.6 is 11.3 Å². The number of nitrogens with zero attached hydrogens (tertiary/aromatic N) is 3. The SMILES string of the molecule is O=[N+]([O-])c1cccc(-c2csc(N/N=C/C3CC=CCC3)n2)c1. The van der Waals surface area contributed by atoms with E-state index in [2.05, 4.69) is 27.7 Å². The van der Waals surface area contributed by atoms with Gasteiger partial charge in [0.15, 0.2) is 0 Å². The van der Waals surface area contributed by atoms with Crippen LogP contribution < -0.4 is 5.43 Å². The smallest absolute Gasteiger partial charge is 0.258 e. The molecule has 0 fully saturated rings. The average Bonchev–Trinajstić information content (AvgIpc) is 3.05. The van der Waals surface area contributed by atoms with Gasteiger partial charge in [-0.15, -0.1) is 11.3 Å². The predicted octanol–water partition coefficient (Wildman–Crippen LogP) is 4.47. The molecule has 3 rings (SSSR count). The van der Waals surface area contributed by atoms with E-state index in [4.69, 9.17) is 0 Å². The number of benzene rings is 1. The van der Waals surface area contributed by atoms with Crippen LogP contribution in [0.25, 0.3) is 11.3 Å². The molecular formula is C16H16N4O2S. The van der Waals surface area contributed by atoms with Gasteiger partial charge in [-0.25, -0.2) is 4.98 Å². The van der Waals surface area contributed by atoms with Crippen LogP contribution in [0.3, 0.4) is 0 Å². The highest BCUT2D eigenvalue weighted by atomic mass is 32.1. The van der Waals surface area contributed by atoms with Gasteiger partial charge in [-0.1, -0.05) is 24.3 Å². The van der Waals surface area contributed by atoms with Gasteiger partial charge in [0.05, 0.1) is 10.6 Å². The molecule has 1 aliphatic rings. The molecule has 2 aromatic rings. The number of rotatable bonds is 5. The molecule has 7 heteroatoms. The summed E-state index contributed by atoms with van der Waals surface area (Å²) in [6.07, 6.45) is 9.57. The van der Waals surface area contributed by atoms with Gasteiger partial charge in [0.1, 0.15) is 0 Å². The highest BCUT2D eigenvalue weighted by Crippen LogP contribution is 2.27. The van der Waals surface area contributed by atoms with Crippen LogP contribution in [-0.4, -0.2) is 16.1 Å². The van der Waals surface area contributed by atoms with Crippen LogP contribution in [0.4, 0.5) is 10.8 Å². The predicted molar refractivity (Wildman–Crippen MR) is 92.8 cm³/mol. The van der Waals surface area contributed by atoms with Crippen molar-refractivity contribution in [1.82, 2.24) is 4.98 Å². The molecule has 1 aromatic carbocycles. The number of hydrazone groups is 1. The van der Waals surface area contributed by atoms with E-state index in [1.54, 1.807) is 6.07 Å². The van der Waals surface area contributed by atoms with Crippen molar-refractivity contribution in [2.75, 3.05) is 5.43 Å². The second kappa shape index (κ2) is 7.15. The van der Waals surface area contributed by atoms with Crippen LogP contribution in [0.1, 0.15) is 19.3 Å². The Bertz CT molecular complexity index is 754. The molecule has 23 heavy (non-hydrogen) atoms. The van der Waals surface area contributed by atoms with Gasteiger partial charge in [-0.3, -0.25) is 15.5 Å². The normalized spacial score (nSPS) is 17.5. The summed E-state index contributed by atoms with van der Waals surface area (Å²) in [6, 6.07) is 6.46. The number of aromatic nitrogens is 1. The highest BCUT2D eigenvalue weighted by Gasteiger charge is 2.10. The number of anilines is 1. The van der Waals surface area contributed by atoms with E-state index in [0.29, 0.717) is 16.7 Å². The molecule has 0 saturated heterocycles. The Labute approximate surface area is 137 Å². The van der Waals surface area contributed by atoms with Crippen molar-refractivity contribution < 1.29 is 4.92 Å². The van der Waals surface area contributed by atoms with Crippen molar-refractivity contribution in [3.8, 4) is 11.3 Å². The maximum absolute atomic E-state index is 10.8. The lowest BCUT2D eigenvalue weighted by molar-refractivity contribution is -0.384. The molecule has 0 radical (unpaired) electrons. The molecule has 1 unspecified atom stereocenters. The molecule has 0 spiro atoms. The molecule has 0 aliphatic heterocycles. The van der Waals surface area contributed by atoms with Gasteiger partial charge < -0.3 is 0 Å². The second-order valence-corrected chi connectivity index (χ2v) is 6.14. The number of allylic oxidation sites excluding steroid dienone is 2. The third-order valence-corrected chi connectivity index (χ3v) is 4.36. The quantitative estimate of drug-likeness (QED) is 0.380. The van der Waals surface area contributed by atoms with Gasteiger partial charge in [-0.05, 0) is 25.2 Å². The lowest BCUT2D eigenvalue weighted by Gasteiger charge is -2.11. The van der Waals surface area contributed by atoms with E-state index in [-0.39, 0.29) is 5.69 Å². The van der Waals surface area contributed by atoms with E-state index >= 15 is 0 Å². The van der Waals surface area contributed by atoms with Crippen molar-refractivity contribution >= 4 is 28.4 Å². The number of non-ortho nitro benzene ring substituents is 1. The van der Waals surface area contributed by atoms with Crippen LogP contribution in [-0.2, 0) is 0 Å². The molecule has 6 nitrogen and oxygen atoms in total. The number of nitro groups is 1. The molecule has 1 aliphatic carbocycles. The van der Waals surface area contributed by atoms with Gasteiger partial charge in [-0.2, -0.15) is 5.10 Å². The molecular weight excluding hydrogens is 312 g/mol. The fourth-order valence-corrected chi connectivity index (χ4v) is 3.06. The van der Waals surface area contributed by atoms with Crippen LogP contribution in [0.5, 0.6) is 0 Å². The minimum Gasteiger partial charge on any atom is -0.258 e. The van der Waals surface area contributed by atoms with Crippen molar-refractivity contribution in [3.05, 3.63) is 51.9 Å². The molecule has 0 bridgehead atoms. The zero-order valence-corrected chi connectivity index (χ0v) is 13.2. The summed E-state index contributed by atoms with van der Waals surface area (Å²) in [6.45, 7) is 0. The molecule has 0 amide bonds. The minimum absolute atomic E-state index is 0.0633. The monoisotopic (exact) mass is 328 g/mol.